The van der Waals surface area contributed by atoms with Gasteiger partial charge in [0.1, 0.15) is 42.9 Å². The zero-order valence-corrected chi connectivity index (χ0v) is 32.6. The second-order valence-electron chi connectivity index (χ2n) is 12.0. The van der Waals surface area contributed by atoms with E-state index in [2.05, 4.69) is 15.0 Å². The number of nitrogens with two attached hydrogens (primary N) is 1. The molecule has 0 bridgehead atoms. The normalized spacial score (nSPS) is 29.2. The number of nitrogens with zero attached hydrogens (tertiary/aromatic N) is 4. The molecule has 2 aliphatic rings. The predicted octanol–water partition coefficient (Wildman–Crippen LogP) is -0.223. The van der Waals surface area contributed by atoms with Crippen LogP contribution >= 0.6 is 14.5 Å². The molecule has 9 unspecified atom stereocenters. The molecule has 2 aromatic heterocycles. The van der Waals surface area contributed by atoms with Crippen LogP contribution in [-0.4, -0.2) is 133 Å². The van der Waals surface area contributed by atoms with Gasteiger partial charge in [0.25, 0.3) is 0 Å². The number of ether oxygens (including phenoxy) is 7. The fourth-order valence-electron chi connectivity index (χ4n) is 5.59. The Labute approximate surface area is 320 Å². The van der Waals surface area contributed by atoms with E-state index in [1.165, 1.54) is 4.57 Å². The van der Waals surface area contributed by atoms with Gasteiger partial charge in [-0.3, -0.25) is 33.1 Å². The summed E-state index contributed by atoms with van der Waals surface area (Å²) in [6, 6.07) is 0. The number of halogens is 1. The minimum Gasteiger partial charge on any atom is -0.462 e. The maximum Gasteiger partial charge on any atom is 0.481 e. The Hall–Kier alpha value is -3.81. The predicted molar refractivity (Wildman–Crippen MR) is 181 cm³/mol. The summed E-state index contributed by atoms with van der Waals surface area (Å²) in [6.45, 7) is -1.85. The van der Waals surface area contributed by atoms with Gasteiger partial charge in [0.15, 0.2) is 42.2 Å². The van der Waals surface area contributed by atoms with Crippen LogP contribution in [0.3, 0.4) is 0 Å². The highest BCUT2D eigenvalue weighted by atomic mass is 32.5. The number of phosphoric acid groups is 1. The Bertz CT molecular complexity index is 1890. The first kappa shape index (κ1) is 44.9. The van der Waals surface area contributed by atoms with Crippen LogP contribution in [0.5, 0.6) is 0 Å². The highest BCUT2D eigenvalue weighted by Gasteiger charge is 2.52. The smallest absolute Gasteiger partial charge is 0.462 e. The summed E-state index contributed by atoms with van der Waals surface area (Å²) >= 11 is 4.85. The van der Waals surface area contributed by atoms with Crippen molar-refractivity contribution in [2.75, 3.05) is 18.9 Å². The zero-order chi connectivity index (χ0) is 41.7. The molecule has 0 aliphatic carbocycles. The molecule has 312 valence electrons. The van der Waals surface area contributed by atoms with Crippen LogP contribution in [0, 0.1) is 0 Å². The second-order valence-corrected chi connectivity index (χ2v) is 16.4. The molecule has 0 radical (unpaired) electrons. The van der Waals surface area contributed by atoms with E-state index in [4.69, 9.17) is 64.1 Å². The molecular formula is C28H38FN5O19P2S. The van der Waals surface area contributed by atoms with Crippen LogP contribution in [0.25, 0.3) is 11.2 Å². The number of aromatic nitrogens is 4. The lowest BCUT2D eigenvalue weighted by atomic mass is 9.99. The molecular weight excluding hydrogens is 823 g/mol. The Morgan fingerprint density at radius 3 is 2.23 bits per heavy atom. The third-order valence-corrected chi connectivity index (χ3v) is 11.1. The van der Waals surface area contributed by atoms with Crippen LogP contribution in [0.4, 0.5) is 10.2 Å². The summed E-state index contributed by atoms with van der Waals surface area (Å²) in [7, 11) is -5.74. The number of esters is 5. The summed E-state index contributed by atoms with van der Waals surface area (Å²) < 4.78 is 82.3. The van der Waals surface area contributed by atoms with Gasteiger partial charge in [-0.25, -0.2) is 28.2 Å². The van der Waals surface area contributed by atoms with E-state index in [9.17, 15) is 43.4 Å². The van der Waals surface area contributed by atoms with Crippen molar-refractivity contribution in [1.29, 1.82) is 0 Å². The lowest BCUT2D eigenvalue weighted by Crippen LogP contribution is -2.52. The molecule has 2 fully saturated rings. The fraction of sp³-hybridized carbons (Fsp3) is 0.643. The molecule has 56 heavy (non-hydrogen) atoms. The Balaban J connectivity index is 1.58. The molecule has 24 nitrogen and oxygen atoms in total. The number of carbonyl (C=O) groups excluding carboxylic acids is 5. The first-order valence-corrected chi connectivity index (χ1v) is 20.2. The van der Waals surface area contributed by atoms with Gasteiger partial charge in [0.2, 0.25) is 6.29 Å². The summed E-state index contributed by atoms with van der Waals surface area (Å²) in [5.41, 5.74) is 5.99. The molecule has 2 aromatic rings. The summed E-state index contributed by atoms with van der Waals surface area (Å²) in [5.74, 6) is -4.84. The Morgan fingerprint density at radius 2 is 1.62 bits per heavy atom. The molecule has 5 N–H and O–H groups in total. The average molecular weight is 862 g/mol. The van der Waals surface area contributed by atoms with Crippen LogP contribution in [0.15, 0.2) is 12.7 Å². The molecule has 4 rings (SSSR count). The summed E-state index contributed by atoms with van der Waals surface area (Å²) in [4.78, 5) is 93.7. The molecule has 4 heterocycles. The summed E-state index contributed by atoms with van der Waals surface area (Å²) in [5, 5.41) is 10.6. The maximum absolute atomic E-state index is 15.2. The lowest BCUT2D eigenvalue weighted by molar-refractivity contribution is -0.231. The SMILES string of the molecule is CC(=O)OC[C@@H](OC(C)=O)C1OC(OP(=O)(O)OP(O)(=S)OCC2OC(n3cnc4c(N)ncnc43)C(O)C2F)[C@H](OC(C)=O)C[C@@H](OC(C)=O)C1OC(C)=O. The van der Waals surface area contributed by atoms with E-state index < -0.39 is 125 Å². The minimum atomic E-state index is -5.74. The number of aliphatic hydroxyl groups is 1. The number of aliphatic hydroxyl groups excluding tert-OH is 1. The standard InChI is InChI=1S/C28H38FN5O19P2S/c1-11(35)44-7-19(48-14(4)38)24-23(49-15(5)39)16(46-12(2)36)6-17(47-13(3)37)28(51-24)52-54(41,42)53-55(43,56)45-8-18-20(29)22(40)27(50-18)34-10-33-21-25(30)31-9-32-26(21)34/h9-10,16-20,22-24,27-28,40H,6-8H2,1-5H3,(H,41,42)(H,43,56)(H2,30,31,32)/t16-,17-,18?,19-,20?,22?,23?,24?,27?,28?,55?/m1/s1. The number of nitrogen functional groups attached to an aromatic ring is 1. The van der Waals surface area contributed by atoms with Crippen molar-refractivity contribution in [3.05, 3.63) is 12.7 Å². The van der Waals surface area contributed by atoms with Crippen LogP contribution < -0.4 is 5.73 Å². The van der Waals surface area contributed by atoms with Crippen molar-refractivity contribution >= 4 is 73.2 Å². The number of carbonyl (C=O) groups is 5. The van der Waals surface area contributed by atoms with Gasteiger partial charge in [-0.05, 0) is 11.8 Å². The first-order chi connectivity index (χ1) is 26.1. The van der Waals surface area contributed by atoms with Gasteiger partial charge < -0.3 is 58.3 Å². The van der Waals surface area contributed by atoms with Crippen LogP contribution in [0.1, 0.15) is 47.3 Å². The van der Waals surface area contributed by atoms with Crippen molar-refractivity contribution in [2.45, 2.75) is 102 Å². The summed E-state index contributed by atoms with van der Waals surface area (Å²) in [6.07, 6.45) is -16.6. The maximum atomic E-state index is 15.2. The quantitative estimate of drug-likeness (QED) is 0.102. The third kappa shape index (κ3) is 11.9. The molecule has 0 amide bonds. The van der Waals surface area contributed by atoms with E-state index in [-0.39, 0.29) is 17.0 Å². The number of phosphoric ester groups is 1. The fourth-order valence-corrected chi connectivity index (χ4v) is 8.70. The number of hydrogen-bond acceptors (Lipinski definition) is 22. The number of rotatable bonds is 15. The number of alkyl halides is 1. The molecule has 28 heteroatoms. The van der Waals surface area contributed by atoms with Gasteiger partial charge in [-0.1, -0.05) is 0 Å². The molecule has 12 atom stereocenters. The van der Waals surface area contributed by atoms with E-state index >= 15 is 4.39 Å². The monoisotopic (exact) mass is 861 g/mol. The largest absolute Gasteiger partial charge is 0.481 e. The van der Waals surface area contributed by atoms with Gasteiger partial charge in [0.05, 0.1) is 12.9 Å². The second kappa shape index (κ2) is 18.6. The molecule has 0 spiro atoms. The van der Waals surface area contributed by atoms with Crippen molar-refractivity contribution < 1.29 is 94.3 Å². The van der Waals surface area contributed by atoms with Crippen molar-refractivity contribution in [1.82, 2.24) is 19.5 Å². The Kier molecular flexibility index (Phi) is 14.9. The number of anilines is 1. The average Bonchev–Trinajstić information content (AvgIpc) is 3.58. The molecule has 2 aliphatic heterocycles. The van der Waals surface area contributed by atoms with Gasteiger partial charge >= 0.3 is 44.4 Å². The Morgan fingerprint density at radius 1 is 0.982 bits per heavy atom. The molecule has 0 aromatic carbocycles. The third-order valence-electron chi connectivity index (χ3n) is 7.62. The zero-order valence-electron chi connectivity index (χ0n) is 30.0. The van der Waals surface area contributed by atoms with Crippen molar-refractivity contribution in [3.8, 4) is 0 Å². The van der Waals surface area contributed by atoms with E-state index in [1.807, 2.05) is 0 Å². The number of hydrogen-bond donors (Lipinski definition) is 4. The van der Waals surface area contributed by atoms with Crippen LogP contribution in [0.2, 0.25) is 0 Å². The highest BCUT2D eigenvalue weighted by Crippen LogP contribution is 2.62. The van der Waals surface area contributed by atoms with E-state index in [0.717, 1.165) is 47.3 Å². The molecule has 0 saturated carbocycles. The van der Waals surface area contributed by atoms with E-state index in [0.29, 0.717) is 0 Å². The topological polar surface area (TPSA) is 325 Å². The van der Waals surface area contributed by atoms with Gasteiger partial charge in [0, 0.05) is 41.0 Å². The van der Waals surface area contributed by atoms with Crippen molar-refractivity contribution in [3.63, 3.8) is 0 Å². The number of fused-ring (bicyclic) bond motifs is 1. The van der Waals surface area contributed by atoms with Gasteiger partial charge in [-0.15, -0.1) is 0 Å². The first-order valence-electron chi connectivity index (χ1n) is 16.2. The molecule has 2 saturated heterocycles. The van der Waals surface area contributed by atoms with E-state index in [1.54, 1.807) is 0 Å². The lowest BCUT2D eigenvalue weighted by Gasteiger charge is -2.34. The van der Waals surface area contributed by atoms with Crippen molar-refractivity contribution in [2.24, 2.45) is 0 Å². The highest BCUT2D eigenvalue weighted by molar-refractivity contribution is 8.08. The van der Waals surface area contributed by atoms with Gasteiger partial charge in [-0.2, -0.15) is 0 Å². The van der Waals surface area contributed by atoms with Crippen LogP contribution in [-0.2, 0) is 86.9 Å². The number of imidazole rings is 1. The minimum absolute atomic E-state index is 0.00438.